The molecule has 23 heavy (non-hydrogen) atoms. The first-order valence-corrected chi connectivity index (χ1v) is 6.82. The number of allylic oxidation sites excluding steroid dienone is 1. The first kappa shape index (κ1) is 19.1. The summed E-state index contributed by atoms with van der Waals surface area (Å²) in [7, 11) is 0. The van der Waals surface area contributed by atoms with Crippen molar-refractivity contribution in [3.63, 3.8) is 0 Å². The van der Waals surface area contributed by atoms with Crippen molar-refractivity contribution in [2.75, 3.05) is 6.61 Å². The van der Waals surface area contributed by atoms with E-state index in [0.717, 1.165) is 0 Å². The van der Waals surface area contributed by atoms with Gasteiger partial charge in [-0.1, -0.05) is 18.2 Å². The molecule has 0 aromatic heterocycles. The monoisotopic (exact) mass is 328 g/mol. The van der Waals surface area contributed by atoms with Gasteiger partial charge in [0.05, 0.1) is 6.61 Å². The number of hydrogen-bond donors (Lipinski definition) is 7. The van der Waals surface area contributed by atoms with Crippen molar-refractivity contribution in [3.8, 4) is 11.5 Å². The summed E-state index contributed by atoms with van der Waals surface area (Å²) in [6, 6.07) is 4.02. The van der Waals surface area contributed by atoms with E-state index in [2.05, 4.69) is 0 Å². The number of phenols is 2. The molecule has 0 heterocycles. The van der Waals surface area contributed by atoms with E-state index in [1.54, 1.807) is 0 Å². The van der Waals surface area contributed by atoms with Gasteiger partial charge in [-0.05, 0) is 17.7 Å². The van der Waals surface area contributed by atoms with E-state index in [4.69, 9.17) is 15.3 Å². The van der Waals surface area contributed by atoms with E-state index in [0.29, 0.717) is 5.56 Å². The van der Waals surface area contributed by atoms with Gasteiger partial charge in [0, 0.05) is 6.42 Å². The first-order chi connectivity index (χ1) is 10.8. The van der Waals surface area contributed by atoms with Gasteiger partial charge < -0.3 is 35.7 Å². The zero-order chi connectivity index (χ0) is 17.6. The average molecular weight is 328 g/mol. The van der Waals surface area contributed by atoms with E-state index < -0.39 is 36.8 Å². The van der Waals surface area contributed by atoms with Crippen LogP contribution in [0.1, 0.15) is 12.0 Å². The molecule has 0 spiro atoms. The van der Waals surface area contributed by atoms with Crippen LogP contribution in [-0.2, 0) is 4.79 Å². The normalized spacial score (nSPS) is 16.9. The minimum Gasteiger partial charge on any atom is -0.504 e. The Morgan fingerprint density at radius 2 is 1.70 bits per heavy atom. The molecule has 8 nitrogen and oxygen atoms in total. The van der Waals surface area contributed by atoms with E-state index >= 15 is 0 Å². The third-order valence-corrected chi connectivity index (χ3v) is 3.21. The maximum Gasteiger partial charge on any atom is 0.167 e. The molecule has 0 amide bonds. The summed E-state index contributed by atoms with van der Waals surface area (Å²) in [6.45, 7) is -0.830. The van der Waals surface area contributed by atoms with Crippen molar-refractivity contribution in [2.45, 2.75) is 30.8 Å². The summed E-state index contributed by atoms with van der Waals surface area (Å²) in [5, 5.41) is 64.9. The van der Waals surface area contributed by atoms with Crippen LogP contribution in [0.15, 0.2) is 24.3 Å². The molecule has 1 rings (SSSR count). The highest BCUT2D eigenvalue weighted by Crippen LogP contribution is 2.25. The van der Waals surface area contributed by atoms with Crippen molar-refractivity contribution >= 4 is 11.9 Å². The minimum atomic E-state index is -1.93. The largest absolute Gasteiger partial charge is 0.504 e. The molecule has 0 unspecified atom stereocenters. The van der Waals surface area contributed by atoms with Crippen molar-refractivity contribution in [1.82, 2.24) is 0 Å². The molecular weight excluding hydrogens is 308 g/mol. The first-order valence-electron chi connectivity index (χ1n) is 6.82. The minimum absolute atomic E-state index is 0.276. The van der Waals surface area contributed by atoms with Crippen LogP contribution in [0.4, 0.5) is 0 Å². The maximum absolute atomic E-state index is 11.7. The van der Waals surface area contributed by atoms with E-state index in [1.165, 1.54) is 30.4 Å². The van der Waals surface area contributed by atoms with Crippen LogP contribution in [0.2, 0.25) is 0 Å². The van der Waals surface area contributed by atoms with Gasteiger partial charge in [-0.3, -0.25) is 4.79 Å². The van der Waals surface area contributed by atoms with Gasteiger partial charge in [-0.25, -0.2) is 0 Å². The van der Waals surface area contributed by atoms with E-state index in [1.807, 2.05) is 0 Å². The average Bonchev–Trinajstić information content (AvgIpc) is 2.55. The Morgan fingerprint density at radius 3 is 2.26 bits per heavy atom. The van der Waals surface area contributed by atoms with Gasteiger partial charge in [-0.15, -0.1) is 0 Å². The van der Waals surface area contributed by atoms with Gasteiger partial charge in [0.25, 0.3) is 0 Å². The second-order valence-electron chi connectivity index (χ2n) is 5.00. The summed E-state index contributed by atoms with van der Waals surface area (Å²) in [4.78, 5) is 11.7. The van der Waals surface area contributed by atoms with Crippen LogP contribution in [-0.4, -0.2) is 72.6 Å². The topological polar surface area (TPSA) is 159 Å². The Bertz CT molecular complexity index is 556. The Hall–Kier alpha value is -1.97. The van der Waals surface area contributed by atoms with Crippen molar-refractivity contribution < 1.29 is 40.5 Å². The third kappa shape index (κ3) is 5.31. The fourth-order valence-electron chi connectivity index (χ4n) is 1.79. The molecule has 1 aromatic rings. The van der Waals surface area contributed by atoms with E-state index in [9.17, 15) is 25.2 Å². The Balaban J connectivity index is 2.61. The molecular formula is C15H20O8. The fourth-order valence-corrected chi connectivity index (χ4v) is 1.79. The predicted molar refractivity (Wildman–Crippen MR) is 79.5 cm³/mol. The summed E-state index contributed by atoms with van der Waals surface area (Å²) < 4.78 is 0. The molecule has 128 valence electrons. The number of ketones is 1. The van der Waals surface area contributed by atoms with Crippen LogP contribution in [0, 0.1) is 0 Å². The predicted octanol–water partition coefficient (Wildman–Crippen LogP) is -1.49. The van der Waals surface area contributed by atoms with Crippen LogP contribution in [0.3, 0.4) is 0 Å². The van der Waals surface area contributed by atoms with Gasteiger partial charge in [-0.2, -0.15) is 0 Å². The smallest absolute Gasteiger partial charge is 0.167 e. The highest BCUT2D eigenvalue weighted by Gasteiger charge is 2.33. The number of phenolic OH excluding ortho intramolecular Hbond substituents is 2. The number of carbonyl (C=O) groups is 1. The van der Waals surface area contributed by atoms with Crippen LogP contribution in [0.5, 0.6) is 11.5 Å². The summed E-state index contributed by atoms with van der Waals surface area (Å²) in [6.07, 6.45) is -4.87. The summed E-state index contributed by atoms with van der Waals surface area (Å²) in [5.41, 5.74) is 0.499. The number of aliphatic hydroxyl groups excluding tert-OH is 5. The lowest BCUT2D eigenvalue weighted by Gasteiger charge is -2.24. The molecule has 0 saturated heterocycles. The van der Waals surface area contributed by atoms with E-state index in [-0.39, 0.29) is 17.9 Å². The van der Waals surface area contributed by atoms with Crippen LogP contribution in [0.25, 0.3) is 6.08 Å². The number of carbonyl (C=O) groups excluding carboxylic acids is 1. The number of Topliss-reactive ketones (excluding diaryl/α,β-unsaturated/α-hetero) is 1. The van der Waals surface area contributed by atoms with Gasteiger partial charge >= 0.3 is 0 Å². The number of benzene rings is 1. The molecule has 8 heteroatoms. The molecule has 1 aromatic carbocycles. The van der Waals surface area contributed by atoms with Crippen molar-refractivity contribution in [3.05, 3.63) is 29.8 Å². The van der Waals surface area contributed by atoms with Gasteiger partial charge in [0.1, 0.15) is 24.4 Å². The number of hydrogen-bond acceptors (Lipinski definition) is 8. The number of aromatic hydroxyl groups is 2. The zero-order valence-corrected chi connectivity index (χ0v) is 12.1. The third-order valence-electron chi connectivity index (χ3n) is 3.21. The second kappa shape index (κ2) is 8.61. The quantitative estimate of drug-likeness (QED) is 0.284. The van der Waals surface area contributed by atoms with Crippen molar-refractivity contribution in [2.24, 2.45) is 0 Å². The molecule has 0 aliphatic rings. The van der Waals surface area contributed by atoms with Crippen LogP contribution < -0.4 is 0 Å². The second-order valence-corrected chi connectivity index (χ2v) is 5.00. The summed E-state index contributed by atoms with van der Waals surface area (Å²) >= 11 is 0. The lowest BCUT2D eigenvalue weighted by molar-refractivity contribution is -0.146. The van der Waals surface area contributed by atoms with Gasteiger partial charge in [0.15, 0.2) is 17.3 Å². The molecule has 0 saturated carbocycles. The highest BCUT2D eigenvalue weighted by atomic mass is 16.4. The molecule has 4 atom stereocenters. The Labute approximate surface area is 132 Å². The molecule has 0 bridgehead atoms. The molecule has 0 aliphatic carbocycles. The Morgan fingerprint density at radius 1 is 1.04 bits per heavy atom. The number of rotatable bonds is 8. The fraction of sp³-hybridized carbons (Fsp3) is 0.400. The zero-order valence-electron chi connectivity index (χ0n) is 12.1. The standard InChI is InChI=1S/C15H20O8/c16-7-12(20)14(22)15(23)13(21)10(18)3-1-2-8-4-5-9(17)11(19)6-8/h1-2,4-6,12-17,19-23H,3,7H2/b2-1+/t12-,13+,14+,15-/m1/s1. The molecule has 0 radical (unpaired) electrons. The maximum atomic E-state index is 11.7. The Kier molecular flexibility index (Phi) is 7.14. The van der Waals surface area contributed by atoms with Gasteiger partial charge in [0.2, 0.25) is 0 Å². The summed E-state index contributed by atoms with van der Waals surface area (Å²) in [5.74, 6) is -1.41. The lowest BCUT2D eigenvalue weighted by Crippen LogP contribution is -2.48. The lowest BCUT2D eigenvalue weighted by atomic mass is 9.99. The SMILES string of the molecule is O=C(C/C=C/c1ccc(O)c(O)c1)[C@H](O)[C@@H](O)[C@@H](O)[C@H](O)CO. The number of aliphatic hydroxyl groups is 5. The highest BCUT2D eigenvalue weighted by molar-refractivity contribution is 5.85. The molecule has 0 aliphatic heterocycles. The molecule has 7 N–H and O–H groups in total. The van der Waals surface area contributed by atoms with Crippen LogP contribution >= 0.6 is 0 Å². The molecule has 0 fully saturated rings. The van der Waals surface area contributed by atoms with Crippen molar-refractivity contribution in [1.29, 1.82) is 0 Å².